The van der Waals surface area contributed by atoms with E-state index in [0.29, 0.717) is 18.3 Å². The first-order valence-electron chi connectivity index (χ1n) is 7.88. The molecule has 0 amide bonds. The highest BCUT2D eigenvalue weighted by molar-refractivity contribution is 5.59. The zero-order valence-electron chi connectivity index (χ0n) is 12.6. The van der Waals surface area contributed by atoms with Crippen molar-refractivity contribution in [2.45, 2.75) is 31.6 Å². The van der Waals surface area contributed by atoms with Crippen LogP contribution in [0.15, 0.2) is 30.5 Å². The molecular weight excluding hydrogens is 276 g/mol. The van der Waals surface area contributed by atoms with Gasteiger partial charge in [-0.3, -0.25) is 0 Å². The molecule has 1 aliphatic rings. The molecule has 0 unspecified atom stereocenters. The molecule has 1 heterocycles. The molecule has 1 aromatic carbocycles. The van der Waals surface area contributed by atoms with Gasteiger partial charge in [-0.15, -0.1) is 0 Å². The molecule has 2 aromatic rings. The average molecular weight is 298 g/mol. The zero-order valence-corrected chi connectivity index (χ0v) is 12.6. The summed E-state index contributed by atoms with van der Waals surface area (Å²) in [5.41, 5.74) is 8.61. The van der Waals surface area contributed by atoms with Crippen molar-refractivity contribution in [3.05, 3.63) is 36.2 Å². The largest absolute Gasteiger partial charge is 0.508 e. The van der Waals surface area contributed by atoms with Crippen LogP contribution in [0.2, 0.25) is 0 Å². The highest BCUT2D eigenvalue weighted by Gasteiger charge is 2.24. The summed E-state index contributed by atoms with van der Waals surface area (Å²) in [7, 11) is 0. The maximum Gasteiger partial charge on any atom is 0.159 e. The Labute approximate surface area is 130 Å². The molecule has 0 bridgehead atoms. The minimum atomic E-state index is 0.253. The Hall–Kier alpha value is -2.14. The molecule has 0 radical (unpaired) electrons. The Balaban J connectivity index is 1.87. The fraction of sp³-hybridized carbons (Fsp3) is 0.412. The number of phenols is 1. The number of hydrogen-bond acceptors (Lipinski definition) is 5. The van der Waals surface area contributed by atoms with E-state index < -0.39 is 0 Å². The Bertz CT molecular complexity index is 623. The SMILES string of the molecule is NCCCNc1cnc(-c2ccc(O)cc2)nc1C1CCC1. The first-order valence-corrected chi connectivity index (χ1v) is 7.88. The van der Waals surface area contributed by atoms with Gasteiger partial charge in [0.05, 0.1) is 17.6 Å². The molecule has 1 fully saturated rings. The lowest BCUT2D eigenvalue weighted by Crippen LogP contribution is -2.16. The van der Waals surface area contributed by atoms with Crippen molar-refractivity contribution in [2.75, 3.05) is 18.4 Å². The van der Waals surface area contributed by atoms with Crippen molar-refractivity contribution in [1.29, 1.82) is 0 Å². The van der Waals surface area contributed by atoms with Gasteiger partial charge in [-0.2, -0.15) is 0 Å². The van der Waals surface area contributed by atoms with Gasteiger partial charge in [-0.1, -0.05) is 6.42 Å². The van der Waals surface area contributed by atoms with Gasteiger partial charge in [0.2, 0.25) is 0 Å². The van der Waals surface area contributed by atoms with Gasteiger partial charge in [-0.05, 0) is 50.1 Å². The first-order chi connectivity index (χ1) is 10.8. The average Bonchev–Trinajstić information content (AvgIpc) is 2.48. The Morgan fingerprint density at radius 2 is 2.00 bits per heavy atom. The molecule has 0 atom stereocenters. The Morgan fingerprint density at radius 1 is 1.23 bits per heavy atom. The predicted molar refractivity (Wildman–Crippen MR) is 87.9 cm³/mol. The lowest BCUT2D eigenvalue weighted by atomic mass is 9.82. The summed E-state index contributed by atoms with van der Waals surface area (Å²) in [5, 5.41) is 12.8. The fourth-order valence-electron chi connectivity index (χ4n) is 2.60. The lowest BCUT2D eigenvalue weighted by Gasteiger charge is -2.27. The molecule has 3 rings (SSSR count). The molecule has 5 heteroatoms. The standard InChI is InChI=1S/C17H22N4O/c18-9-2-10-19-15-11-20-17(13-5-7-14(22)8-6-13)21-16(15)12-3-1-4-12/h5-8,11-12,19,22H,1-4,9-10,18H2. The van der Waals surface area contributed by atoms with E-state index in [4.69, 9.17) is 10.7 Å². The summed E-state index contributed by atoms with van der Waals surface area (Å²) < 4.78 is 0. The quantitative estimate of drug-likeness (QED) is 0.714. The monoisotopic (exact) mass is 298 g/mol. The van der Waals surface area contributed by atoms with Crippen LogP contribution in [0.1, 0.15) is 37.3 Å². The maximum atomic E-state index is 9.40. The molecule has 1 saturated carbocycles. The zero-order chi connectivity index (χ0) is 15.4. The number of hydrogen-bond donors (Lipinski definition) is 3. The molecule has 1 aliphatic carbocycles. The second-order valence-corrected chi connectivity index (χ2v) is 5.74. The fourth-order valence-corrected chi connectivity index (χ4v) is 2.60. The van der Waals surface area contributed by atoms with Crippen LogP contribution in [0.25, 0.3) is 11.4 Å². The van der Waals surface area contributed by atoms with Gasteiger partial charge < -0.3 is 16.2 Å². The van der Waals surface area contributed by atoms with E-state index in [-0.39, 0.29) is 5.75 Å². The molecule has 5 nitrogen and oxygen atoms in total. The number of aromatic hydroxyl groups is 1. The van der Waals surface area contributed by atoms with Gasteiger partial charge >= 0.3 is 0 Å². The van der Waals surface area contributed by atoms with Crippen LogP contribution < -0.4 is 11.1 Å². The van der Waals surface area contributed by atoms with E-state index in [1.165, 1.54) is 19.3 Å². The minimum Gasteiger partial charge on any atom is -0.508 e. The number of nitrogens with one attached hydrogen (secondary N) is 1. The van der Waals surface area contributed by atoms with E-state index in [0.717, 1.165) is 29.9 Å². The van der Waals surface area contributed by atoms with Crippen LogP contribution in [-0.4, -0.2) is 28.2 Å². The summed E-state index contributed by atoms with van der Waals surface area (Å²) in [5.74, 6) is 1.49. The molecule has 4 N–H and O–H groups in total. The van der Waals surface area contributed by atoms with Crippen molar-refractivity contribution >= 4 is 5.69 Å². The van der Waals surface area contributed by atoms with Crippen molar-refractivity contribution in [1.82, 2.24) is 9.97 Å². The summed E-state index contributed by atoms with van der Waals surface area (Å²) >= 11 is 0. The molecule has 0 saturated heterocycles. The second kappa shape index (κ2) is 6.75. The normalized spacial score (nSPS) is 14.6. The number of anilines is 1. The van der Waals surface area contributed by atoms with Crippen LogP contribution in [0.5, 0.6) is 5.75 Å². The molecule has 116 valence electrons. The van der Waals surface area contributed by atoms with Crippen molar-refractivity contribution in [2.24, 2.45) is 5.73 Å². The summed E-state index contributed by atoms with van der Waals surface area (Å²) in [4.78, 5) is 9.26. The molecular formula is C17H22N4O. The van der Waals surface area contributed by atoms with E-state index in [2.05, 4.69) is 10.3 Å². The van der Waals surface area contributed by atoms with Gasteiger partial charge in [0, 0.05) is 18.0 Å². The number of rotatable bonds is 6. The number of nitrogens with zero attached hydrogens (tertiary/aromatic N) is 2. The molecule has 0 spiro atoms. The third kappa shape index (κ3) is 3.20. The number of aromatic nitrogens is 2. The third-order valence-corrected chi connectivity index (χ3v) is 4.13. The maximum absolute atomic E-state index is 9.40. The van der Waals surface area contributed by atoms with E-state index in [1.54, 1.807) is 12.1 Å². The van der Waals surface area contributed by atoms with Crippen LogP contribution in [-0.2, 0) is 0 Å². The minimum absolute atomic E-state index is 0.253. The van der Waals surface area contributed by atoms with Gasteiger partial charge in [0.1, 0.15) is 5.75 Å². The lowest BCUT2D eigenvalue weighted by molar-refractivity contribution is 0.412. The Morgan fingerprint density at radius 3 is 2.64 bits per heavy atom. The van der Waals surface area contributed by atoms with Crippen LogP contribution in [0.4, 0.5) is 5.69 Å². The predicted octanol–water partition coefficient (Wildman–Crippen LogP) is 2.88. The Kier molecular flexibility index (Phi) is 4.53. The van der Waals surface area contributed by atoms with Crippen molar-refractivity contribution < 1.29 is 5.11 Å². The second-order valence-electron chi connectivity index (χ2n) is 5.74. The number of nitrogens with two attached hydrogens (primary N) is 1. The van der Waals surface area contributed by atoms with Crippen molar-refractivity contribution in [3.63, 3.8) is 0 Å². The summed E-state index contributed by atoms with van der Waals surface area (Å²) in [6.45, 7) is 1.52. The molecule has 1 aromatic heterocycles. The highest BCUT2D eigenvalue weighted by atomic mass is 16.3. The van der Waals surface area contributed by atoms with Crippen LogP contribution >= 0.6 is 0 Å². The topological polar surface area (TPSA) is 84.1 Å². The molecule has 0 aliphatic heterocycles. The van der Waals surface area contributed by atoms with Crippen LogP contribution in [0.3, 0.4) is 0 Å². The number of benzene rings is 1. The van der Waals surface area contributed by atoms with Gasteiger partial charge in [-0.25, -0.2) is 9.97 Å². The summed E-state index contributed by atoms with van der Waals surface area (Å²) in [6, 6.07) is 7.01. The number of phenolic OH excluding ortho intramolecular Hbond substituents is 1. The van der Waals surface area contributed by atoms with E-state index in [1.807, 2.05) is 18.3 Å². The van der Waals surface area contributed by atoms with Gasteiger partial charge in [0.25, 0.3) is 0 Å². The molecule has 22 heavy (non-hydrogen) atoms. The summed E-state index contributed by atoms with van der Waals surface area (Å²) in [6.07, 6.45) is 6.46. The van der Waals surface area contributed by atoms with Crippen LogP contribution in [0, 0.1) is 0 Å². The smallest absolute Gasteiger partial charge is 0.159 e. The first kappa shape index (κ1) is 14.8. The van der Waals surface area contributed by atoms with E-state index >= 15 is 0 Å². The highest BCUT2D eigenvalue weighted by Crippen LogP contribution is 2.39. The van der Waals surface area contributed by atoms with Gasteiger partial charge in [0.15, 0.2) is 5.82 Å². The van der Waals surface area contributed by atoms with E-state index in [9.17, 15) is 5.11 Å². The van der Waals surface area contributed by atoms with Crippen molar-refractivity contribution in [3.8, 4) is 17.1 Å². The third-order valence-electron chi connectivity index (χ3n) is 4.13.